The number of hydrogen-bond donors (Lipinski definition) is 0. The lowest BCUT2D eigenvalue weighted by molar-refractivity contribution is -0.137. The van der Waals surface area contributed by atoms with Crippen LogP contribution in [-0.4, -0.2) is 9.13 Å². The summed E-state index contributed by atoms with van der Waals surface area (Å²) in [4.78, 5) is 4.33. The summed E-state index contributed by atoms with van der Waals surface area (Å²) in [5.74, 6) is 0. The Labute approximate surface area is 339 Å². The fourth-order valence-electron chi connectivity index (χ4n) is 9.12. The van der Waals surface area contributed by atoms with Gasteiger partial charge in [-0.05, 0) is 107 Å². The minimum atomic E-state index is -4.65. The summed E-state index contributed by atoms with van der Waals surface area (Å²) in [5, 5.41) is 3.90. The molecule has 0 atom stereocenters. The molecular weight excluding hydrogens is 736 g/mol. The second kappa shape index (κ2) is 13.6. The van der Waals surface area contributed by atoms with E-state index in [0.29, 0.717) is 22.5 Å². The fourth-order valence-corrected chi connectivity index (χ4v) is 9.12. The van der Waals surface area contributed by atoms with Crippen LogP contribution in [0.2, 0.25) is 0 Å². The van der Waals surface area contributed by atoms with Crippen molar-refractivity contribution in [3.63, 3.8) is 0 Å². The number of rotatable bonds is 5. The van der Waals surface area contributed by atoms with Gasteiger partial charge in [-0.1, -0.05) is 127 Å². The highest BCUT2D eigenvalue weighted by atomic mass is 19.4. The number of para-hydroxylation sites is 2. The first-order valence-corrected chi connectivity index (χ1v) is 19.5. The number of nitrogens with zero attached hydrogens (tertiary/aromatic N) is 3. The molecule has 10 rings (SSSR count). The van der Waals surface area contributed by atoms with Gasteiger partial charge >= 0.3 is 6.18 Å². The van der Waals surface area contributed by atoms with Gasteiger partial charge in [-0.15, -0.1) is 0 Å². The van der Waals surface area contributed by atoms with Crippen molar-refractivity contribution in [2.45, 2.75) is 26.9 Å². The van der Waals surface area contributed by atoms with Crippen molar-refractivity contribution in [2.24, 2.45) is 0 Å². The van der Waals surface area contributed by atoms with E-state index in [4.69, 9.17) is 6.57 Å². The number of fused-ring (bicyclic) bond motifs is 6. The van der Waals surface area contributed by atoms with Crippen LogP contribution in [0.3, 0.4) is 0 Å². The van der Waals surface area contributed by atoms with E-state index in [2.05, 4.69) is 90.0 Å². The zero-order valence-electron chi connectivity index (χ0n) is 32.6. The van der Waals surface area contributed by atoms with Crippen LogP contribution in [0.25, 0.3) is 93.2 Å². The average molecular weight is 772 g/mol. The number of alkyl halides is 3. The molecule has 2 heterocycles. The first-order chi connectivity index (χ1) is 28.6. The molecule has 8 aromatic carbocycles. The van der Waals surface area contributed by atoms with E-state index >= 15 is 13.2 Å². The van der Waals surface area contributed by atoms with Crippen LogP contribution in [0, 0.1) is 27.3 Å². The van der Waals surface area contributed by atoms with Crippen LogP contribution < -0.4 is 0 Å². The highest BCUT2D eigenvalue weighted by Gasteiger charge is 2.36. The molecule has 0 spiro atoms. The number of halogens is 3. The number of hydrogen-bond acceptors (Lipinski definition) is 0. The Kier molecular flexibility index (Phi) is 8.33. The minimum absolute atomic E-state index is 0.0523. The summed E-state index contributed by atoms with van der Waals surface area (Å²) in [7, 11) is 0. The monoisotopic (exact) mass is 771 g/mol. The number of benzene rings is 8. The molecular formula is C53H36F3N3. The summed E-state index contributed by atoms with van der Waals surface area (Å²) in [6.45, 7) is 14.9. The summed E-state index contributed by atoms with van der Waals surface area (Å²) in [5.41, 5.74) is 11.1. The van der Waals surface area contributed by atoms with Crippen molar-refractivity contribution in [2.75, 3.05) is 0 Å². The van der Waals surface area contributed by atoms with Crippen LogP contribution in [0.4, 0.5) is 18.9 Å². The molecule has 0 unspecified atom stereocenters. The normalized spacial score (nSPS) is 11.9. The van der Waals surface area contributed by atoms with Crippen LogP contribution in [0.5, 0.6) is 0 Å². The molecule has 59 heavy (non-hydrogen) atoms. The van der Waals surface area contributed by atoms with Crippen LogP contribution >= 0.6 is 0 Å². The summed E-state index contributed by atoms with van der Waals surface area (Å²) in [6, 6.07) is 53.1. The van der Waals surface area contributed by atoms with E-state index in [-0.39, 0.29) is 11.3 Å². The lowest BCUT2D eigenvalue weighted by Gasteiger charge is -2.23. The number of aryl methyl sites for hydroxylation is 3. The first-order valence-electron chi connectivity index (χ1n) is 19.5. The van der Waals surface area contributed by atoms with Crippen molar-refractivity contribution >= 4 is 49.3 Å². The van der Waals surface area contributed by atoms with Crippen molar-refractivity contribution in [1.29, 1.82) is 0 Å². The third kappa shape index (κ3) is 5.65. The highest BCUT2D eigenvalue weighted by molar-refractivity contribution is 6.13. The molecule has 0 aliphatic carbocycles. The maximum absolute atomic E-state index is 15.1. The molecule has 0 saturated heterocycles. The smallest absolute Gasteiger partial charge is 0.319 e. The summed E-state index contributed by atoms with van der Waals surface area (Å²) >= 11 is 0. The molecule has 0 N–H and O–H groups in total. The van der Waals surface area contributed by atoms with Gasteiger partial charge in [-0.25, -0.2) is 4.85 Å². The molecule has 6 heteroatoms. The van der Waals surface area contributed by atoms with Crippen LogP contribution in [0.15, 0.2) is 164 Å². The van der Waals surface area contributed by atoms with Gasteiger partial charge in [0.2, 0.25) is 5.69 Å². The van der Waals surface area contributed by atoms with E-state index in [1.807, 2.05) is 77.4 Å². The molecule has 0 saturated carbocycles. The van der Waals surface area contributed by atoms with E-state index in [0.717, 1.165) is 83.1 Å². The van der Waals surface area contributed by atoms with E-state index < -0.39 is 11.7 Å². The SMILES string of the molecule is [C-]#[N+]c1c(-n2c3ccccc3c3ccc(-c4ccccc4C)cc32)ccc(-c2c(C)cccc2C(F)(F)F)c1-n1c2ccccc2c2ccc(-c3ccccc3C)cc21. The Morgan fingerprint density at radius 2 is 0.949 bits per heavy atom. The zero-order valence-corrected chi connectivity index (χ0v) is 32.6. The Morgan fingerprint density at radius 3 is 1.51 bits per heavy atom. The maximum atomic E-state index is 15.1. The predicted molar refractivity (Wildman–Crippen MR) is 237 cm³/mol. The van der Waals surface area contributed by atoms with Crippen LogP contribution in [0.1, 0.15) is 22.3 Å². The molecule has 0 fully saturated rings. The van der Waals surface area contributed by atoms with Gasteiger partial charge < -0.3 is 9.13 Å². The molecule has 2 aromatic heterocycles. The second-order valence-electron chi connectivity index (χ2n) is 15.2. The molecule has 0 bridgehead atoms. The third-order valence-corrected chi connectivity index (χ3v) is 11.8. The van der Waals surface area contributed by atoms with E-state index in [1.165, 1.54) is 6.07 Å². The van der Waals surface area contributed by atoms with Gasteiger partial charge in [-0.2, -0.15) is 13.2 Å². The van der Waals surface area contributed by atoms with Gasteiger partial charge in [0.1, 0.15) is 0 Å². The van der Waals surface area contributed by atoms with Crippen molar-refractivity contribution in [3.8, 4) is 44.8 Å². The molecule has 3 nitrogen and oxygen atoms in total. The Bertz CT molecular complexity index is 3370. The minimum Gasteiger partial charge on any atom is -0.319 e. The van der Waals surface area contributed by atoms with E-state index in [9.17, 15) is 0 Å². The molecule has 0 aliphatic heterocycles. The Balaban J connectivity index is 1.38. The largest absolute Gasteiger partial charge is 0.417 e. The lowest BCUT2D eigenvalue weighted by atomic mass is 9.92. The lowest BCUT2D eigenvalue weighted by Crippen LogP contribution is -2.10. The molecule has 0 aliphatic rings. The quantitative estimate of drug-likeness (QED) is 0.155. The predicted octanol–water partition coefficient (Wildman–Crippen LogP) is 15.4. The topological polar surface area (TPSA) is 14.2 Å². The number of aromatic nitrogens is 2. The molecule has 0 amide bonds. The van der Waals surface area contributed by atoms with Crippen molar-refractivity contribution in [1.82, 2.24) is 9.13 Å². The highest BCUT2D eigenvalue weighted by Crippen LogP contribution is 2.49. The Hall–Kier alpha value is -7.36. The molecule has 0 radical (unpaired) electrons. The van der Waals surface area contributed by atoms with Crippen molar-refractivity contribution < 1.29 is 13.2 Å². The first kappa shape index (κ1) is 36.0. The second-order valence-corrected chi connectivity index (χ2v) is 15.2. The van der Waals surface area contributed by atoms with Crippen molar-refractivity contribution in [3.05, 3.63) is 197 Å². The fraction of sp³-hybridized carbons (Fsp3) is 0.0755. The van der Waals surface area contributed by atoms with Gasteiger partial charge in [0.25, 0.3) is 0 Å². The van der Waals surface area contributed by atoms with Gasteiger partial charge in [0.15, 0.2) is 0 Å². The van der Waals surface area contributed by atoms with Crippen LogP contribution in [-0.2, 0) is 6.18 Å². The third-order valence-electron chi connectivity index (χ3n) is 11.8. The maximum Gasteiger partial charge on any atom is 0.417 e. The standard InChI is InChI=1S/C53H36F3N3/c1-32-14-5-7-17-37(32)35-24-26-41-39-19-9-11-22-45(39)58(48(41)30-35)47-29-28-43(50-34(3)16-13-21-44(50)53(54,55)56)52(51(47)57-4)59-46-23-12-10-20-40(46)42-27-25-36(31-49(42)59)38-18-8-6-15-33(38)2/h5-31H,1-3H3. The summed E-state index contributed by atoms with van der Waals surface area (Å²) < 4.78 is 49.6. The Morgan fingerprint density at radius 1 is 0.458 bits per heavy atom. The van der Waals surface area contributed by atoms with Gasteiger partial charge in [0.05, 0.1) is 45.6 Å². The summed E-state index contributed by atoms with van der Waals surface area (Å²) in [6.07, 6.45) is -4.65. The molecule has 284 valence electrons. The van der Waals surface area contributed by atoms with Gasteiger partial charge in [0, 0.05) is 21.5 Å². The average Bonchev–Trinajstić information content (AvgIpc) is 3.75. The molecule has 10 aromatic rings. The van der Waals surface area contributed by atoms with E-state index in [1.54, 1.807) is 19.1 Å². The van der Waals surface area contributed by atoms with Gasteiger partial charge in [-0.3, -0.25) is 0 Å². The zero-order chi connectivity index (χ0) is 40.6.